The molecule has 2 rings (SSSR count). The molecule has 82 valence electrons. The normalized spacial score (nSPS) is 26.2. The Balaban J connectivity index is 1.93. The Morgan fingerprint density at radius 1 is 1.53 bits per heavy atom. The van der Waals surface area contributed by atoms with E-state index < -0.39 is 6.10 Å². The van der Waals surface area contributed by atoms with E-state index in [0.29, 0.717) is 5.56 Å². The number of hydrogen-bond acceptors (Lipinski definition) is 3. The summed E-state index contributed by atoms with van der Waals surface area (Å²) in [6, 6.07) is -0.110. The summed E-state index contributed by atoms with van der Waals surface area (Å²) in [5.41, 5.74) is 0.507. The lowest BCUT2D eigenvalue weighted by molar-refractivity contribution is 0.0717. The number of aromatic nitrogens is 2. The smallest absolute Gasteiger partial charge is 0.254 e. The third-order valence-corrected chi connectivity index (χ3v) is 2.81. The van der Waals surface area contributed by atoms with Crippen molar-refractivity contribution in [3.8, 4) is 0 Å². The second-order valence-corrected chi connectivity index (χ2v) is 3.92. The minimum Gasteiger partial charge on any atom is -0.391 e. The highest BCUT2D eigenvalue weighted by Crippen LogP contribution is 2.18. The van der Waals surface area contributed by atoms with E-state index >= 15 is 0 Å². The highest BCUT2D eigenvalue weighted by atomic mass is 16.3. The third-order valence-electron chi connectivity index (χ3n) is 2.81. The molecule has 1 amide bonds. The van der Waals surface area contributed by atoms with Gasteiger partial charge in [-0.15, -0.1) is 0 Å². The van der Waals surface area contributed by atoms with E-state index in [9.17, 15) is 9.90 Å². The average molecular weight is 209 g/mol. The number of hydrogen-bond donors (Lipinski definition) is 3. The van der Waals surface area contributed by atoms with E-state index in [1.54, 1.807) is 6.20 Å². The van der Waals surface area contributed by atoms with Crippen LogP contribution in [0.4, 0.5) is 0 Å². The topological polar surface area (TPSA) is 78.0 Å². The zero-order valence-corrected chi connectivity index (χ0v) is 8.44. The second-order valence-electron chi connectivity index (χ2n) is 3.92. The molecule has 2 atom stereocenters. The van der Waals surface area contributed by atoms with Gasteiger partial charge in [0.25, 0.3) is 5.91 Å². The van der Waals surface area contributed by atoms with Crippen LogP contribution in [0.25, 0.3) is 0 Å². The number of nitrogens with zero attached hydrogens (tertiary/aromatic N) is 1. The molecule has 5 heteroatoms. The molecule has 15 heavy (non-hydrogen) atoms. The van der Waals surface area contributed by atoms with E-state index in [1.807, 2.05) is 0 Å². The molecule has 3 N–H and O–H groups in total. The SMILES string of the molecule is O=C(N[C@H]1CCCC[C@@H]1O)c1cn[nH]c1. The first-order valence-electron chi connectivity index (χ1n) is 5.25. The first-order chi connectivity index (χ1) is 7.27. The molecule has 1 aliphatic rings. The number of aliphatic hydroxyl groups is 1. The van der Waals surface area contributed by atoms with Gasteiger partial charge in [0.2, 0.25) is 0 Å². The van der Waals surface area contributed by atoms with Crippen molar-refractivity contribution in [1.82, 2.24) is 15.5 Å². The van der Waals surface area contributed by atoms with Crippen LogP contribution in [0.3, 0.4) is 0 Å². The Labute approximate surface area is 87.9 Å². The monoisotopic (exact) mass is 209 g/mol. The van der Waals surface area contributed by atoms with Gasteiger partial charge in [0.15, 0.2) is 0 Å². The zero-order chi connectivity index (χ0) is 10.7. The van der Waals surface area contributed by atoms with Crippen molar-refractivity contribution in [3.05, 3.63) is 18.0 Å². The maximum absolute atomic E-state index is 11.6. The molecule has 1 aromatic heterocycles. The maximum Gasteiger partial charge on any atom is 0.254 e. The number of carbonyl (C=O) groups excluding carboxylic acids is 1. The highest BCUT2D eigenvalue weighted by Gasteiger charge is 2.24. The predicted octanol–water partition coefficient (Wildman–Crippen LogP) is 0.443. The van der Waals surface area contributed by atoms with Gasteiger partial charge in [-0.3, -0.25) is 9.89 Å². The van der Waals surface area contributed by atoms with Crippen molar-refractivity contribution in [2.45, 2.75) is 37.8 Å². The predicted molar refractivity (Wildman–Crippen MR) is 54.3 cm³/mol. The largest absolute Gasteiger partial charge is 0.391 e. The summed E-state index contributed by atoms with van der Waals surface area (Å²) in [5.74, 6) is -0.172. The first-order valence-corrected chi connectivity index (χ1v) is 5.25. The fourth-order valence-corrected chi connectivity index (χ4v) is 1.91. The van der Waals surface area contributed by atoms with Crippen molar-refractivity contribution in [1.29, 1.82) is 0 Å². The number of nitrogens with one attached hydrogen (secondary N) is 2. The lowest BCUT2D eigenvalue weighted by atomic mass is 9.92. The molecule has 0 radical (unpaired) electrons. The maximum atomic E-state index is 11.6. The molecular formula is C10H15N3O2. The number of aromatic amines is 1. The number of aliphatic hydroxyl groups excluding tert-OH is 1. The number of carbonyl (C=O) groups is 1. The molecule has 1 saturated carbocycles. The van der Waals surface area contributed by atoms with Crippen LogP contribution in [-0.4, -0.2) is 33.4 Å². The van der Waals surface area contributed by atoms with Crippen LogP contribution in [0.15, 0.2) is 12.4 Å². The highest BCUT2D eigenvalue weighted by molar-refractivity contribution is 5.93. The van der Waals surface area contributed by atoms with E-state index in [2.05, 4.69) is 15.5 Å². The summed E-state index contributed by atoms with van der Waals surface area (Å²) in [4.78, 5) is 11.6. The van der Waals surface area contributed by atoms with Gasteiger partial charge in [-0.2, -0.15) is 5.10 Å². The van der Waals surface area contributed by atoms with E-state index in [4.69, 9.17) is 0 Å². The molecule has 0 bridgehead atoms. The molecule has 0 aliphatic heterocycles. The van der Waals surface area contributed by atoms with Crippen LogP contribution in [-0.2, 0) is 0 Å². The molecule has 0 spiro atoms. The lowest BCUT2D eigenvalue weighted by Crippen LogP contribution is -2.44. The van der Waals surface area contributed by atoms with Crippen molar-refractivity contribution in [2.24, 2.45) is 0 Å². The molecular weight excluding hydrogens is 194 g/mol. The Hall–Kier alpha value is -1.36. The van der Waals surface area contributed by atoms with Gasteiger partial charge in [-0.25, -0.2) is 0 Å². The first kappa shape index (κ1) is 10.2. The molecule has 0 saturated heterocycles. The minimum absolute atomic E-state index is 0.110. The van der Waals surface area contributed by atoms with Gasteiger partial charge in [-0.1, -0.05) is 12.8 Å². The van der Waals surface area contributed by atoms with Crippen LogP contribution in [0.1, 0.15) is 36.0 Å². The Morgan fingerprint density at radius 3 is 3.00 bits per heavy atom. The molecule has 1 aliphatic carbocycles. The van der Waals surface area contributed by atoms with E-state index in [-0.39, 0.29) is 11.9 Å². The summed E-state index contributed by atoms with van der Waals surface area (Å²) in [5, 5.41) is 18.8. The van der Waals surface area contributed by atoms with Crippen LogP contribution < -0.4 is 5.32 Å². The molecule has 1 aromatic rings. The second kappa shape index (κ2) is 4.44. The summed E-state index contributed by atoms with van der Waals surface area (Å²) in [7, 11) is 0. The van der Waals surface area contributed by atoms with Crippen molar-refractivity contribution in [3.63, 3.8) is 0 Å². The Kier molecular flexibility index (Phi) is 3.01. The van der Waals surface area contributed by atoms with E-state index in [0.717, 1.165) is 25.7 Å². The van der Waals surface area contributed by atoms with Gasteiger partial charge in [0.05, 0.1) is 23.9 Å². The number of H-pyrrole nitrogens is 1. The Morgan fingerprint density at radius 2 is 2.33 bits per heavy atom. The zero-order valence-electron chi connectivity index (χ0n) is 8.44. The minimum atomic E-state index is -0.408. The van der Waals surface area contributed by atoms with Gasteiger partial charge in [0, 0.05) is 6.20 Å². The van der Waals surface area contributed by atoms with Crippen LogP contribution in [0.2, 0.25) is 0 Å². The van der Waals surface area contributed by atoms with Crippen molar-refractivity contribution in [2.75, 3.05) is 0 Å². The third kappa shape index (κ3) is 2.36. The molecule has 1 fully saturated rings. The molecule has 0 unspecified atom stereocenters. The van der Waals surface area contributed by atoms with E-state index in [1.165, 1.54) is 6.20 Å². The number of amides is 1. The van der Waals surface area contributed by atoms with Gasteiger partial charge in [0.1, 0.15) is 0 Å². The summed E-state index contributed by atoms with van der Waals surface area (Å²) in [6.45, 7) is 0. The lowest BCUT2D eigenvalue weighted by Gasteiger charge is -2.28. The molecule has 1 heterocycles. The summed E-state index contributed by atoms with van der Waals surface area (Å²) >= 11 is 0. The fourth-order valence-electron chi connectivity index (χ4n) is 1.91. The van der Waals surface area contributed by atoms with Crippen LogP contribution >= 0.6 is 0 Å². The average Bonchev–Trinajstić information content (AvgIpc) is 2.74. The standard InChI is InChI=1S/C10H15N3O2/c14-9-4-2-1-3-8(9)13-10(15)7-5-11-12-6-7/h5-6,8-9,14H,1-4H2,(H,11,12)(H,13,15)/t8-,9-/m0/s1. The number of rotatable bonds is 2. The van der Waals surface area contributed by atoms with Gasteiger partial charge < -0.3 is 10.4 Å². The molecule has 0 aromatic carbocycles. The van der Waals surface area contributed by atoms with Crippen LogP contribution in [0.5, 0.6) is 0 Å². The Bertz CT molecular complexity index is 323. The molecule has 5 nitrogen and oxygen atoms in total. The van der Waals surface area contributed by atoms with Crippen LogP contribution in [0, 0.1) is 0 Å². The quantitative estimate of drug-likeness (QED) is 0.661. The summed E-state index contributed by atoms with van der Waals surface area (Å²) in [6.07, 6.45) is 6.35. The fraction of sp³-hybridized carbons (Fsp3) is 0.600. The van der Waals surface area contributed by atoms with Gasteiger partial charge in [-0.05, 0) is 12.8 Å². The van der Waals surface area contributed by atoms with Gasteiger partial charge >= 0.3 is 0 Å². The van der Waals surface area contributed by atoms with Crippen molar-refractivity contribution < 1.29 is 9.90 Å². The summed E-state index contributed by atoms with van der Waals surface area (Å²) < 4.78 is 0. The van der Waals surface area contributed by atoms with Crippen molar-refractivity contribution >= 4 is 5.91 Å².